The minimum Gasteiger partial charge on any atom is -0.296 e. The molecule has 1 N–H and O–H groups in total. The van der Waals surface area contributed by atoms with Gasteiger partial charge in [-0.25, -0.2) is 18.4 Å². The second-order valence-corrected chi connectivity index (χ2v) is 7.73. The molecule has 9 nitrogen and oxygen atoms in total. The van der Waals surface area contributed by atoms with Crippen LogP contribution < -0.4 is 4.72 Å². The highest BCUT2D eigenvalue weighted by molar-refractivity contribution is 7.92. The van der Waals surface area contributed by atoms with Gasteiger partial charge in [-0.3, -0.25) is 9.29 Å². The van der Waals surface area contributed by atoms with Gasteiger partial charge in [0, 0.05) is 13.2 Å². The van der Waals surface area contributed by atoms with Gasteiger partial charge in [0.25, 0.3) is 0 Å². The van der Waals surface area contributed by atoms with Gasteiger partial charge in [0.2, 0.25) is 16.0 Å². The maximum absolute atomic E-state index is 11.7. The van der Waals surface area contributed by atoms with Gasteiger partial charge >= 0.3 is 0 Å². The Hall–Kier alpha value is -2.40. The van der Waals surface area contributed by atoms with Gasteiger partial charge in [-0.15, -0.1) is 10.2 Å². The van der Waals surface area contributed by atoms with Crippen molar-refractivity contribution in [2.45, 2.75) is 13.8 Å². The minimum atomic E-state index is -3.41. The van der Waals surface area contributed by atoms with E-state index in [0.717, 1.165) is 5.39 Å². The molecule has 0 radical (unpaired) electrons. The minimum absolute atomic E-state index is 0.0321. The van der Waals surface area contributed by atoms with E-state index in [2.05, 4.69) is 29.3 Å². The molecule has 126 valence electrons. The van der Waals surface area contributed by atoms with Crippen LogP contribution in [0.25, 0.3) is 11.0 Å². The van der Waals surface area contributed by atoms with E-state index < -0.39 is 10.0 Å². The predicted octanol–water partition coefficient (Wildman–Crippen LogP) is 2.91. The third-order valence-electron chi connectivity index (χ3n) is 3.33. The summed E-state index contributed by atoms with van der Waals surface area (Å²) in [6.07, 6.45) is 1.67. The number of fused-ring (bicyclic) bond motifs is 1. The van der Waals surface area contributed by atoms with E-state index in [9.17, 15) is 8.42 Å². The summed E-state index contributed by atoms with van der Waals surface area (Å²) in [6.45, 7) is 3.30. The fourth-order valence-corrected chi connectivity index (χ4v) is 3.26. The Labute approximate surface area is 142 Å². The highest BCUT2D eigenvalue weighted by atomic mass is 32.2. The number of nitrogens with one attached hydrogen (secondary N) is 1. The molecule has 0 amide bonds. The molecule has 0 aliphatic rings. The lowest BCUT2D eigenvalue weighted by molar-refractivity contribution is 0.601. The zero-order chi connectivity index (χ0) is 17.3. The van der Waals surface area contributed by atoms with Crippen LogP contribution in [0, 0.1) is 6.92 Å². The fourth-order valence-electron chi connectivity index (χ4n) is 2.01. The summed E-state index contributed by atoms with van der Waals surface area (Å²) >= 11 is 1.20. The van der Waals surface area contributed by atoms with Crippen molar-refractivity contribution in [3.8, 4) is 0 Å². The summed E-state index contributed by atoms with van der Waals surface area (Å²) < 4.78 is 31.6. The average Bonchev–Trinajstić information content (AvgIpc) is 3.07. The number of hydrogen-bond donors (Lipinski definition) is 1. The van der Waals surface area contributed by atoms with Crippen molar-refractivity contribution in [2.75, 3.05) is 10.5 Å². The van der Waals surface area contributed by atoms with Gasteiger partial charge in [0.1, 0.15) is 0 Å². The van der Waals surface area contributed by atoms with Gasteiger partial charge in [0.15, 0.2) is 16.5 Å². The highest BCUT2D eigenvalue weighted by Crippen LogP contribution is 2.31. The van der Waals surface area contributed by atoms with Crippen LogP contribution in [0.15, 0.2) is 28.6 Å². The Bertz CT molecular complexity index is 1020. The first-order chi connectivity index (χ1) is 11.4. The molecule has 0 saturated carbocycles. The van der Waals surface area contributed by atoms with Crippen LogP contribution in [0.4, 0.5) is 16.8 Å². The molecule has 3 rings (SSSR count). The van der Waals surface area contributed by atoms with Crippen molar-refractivity contribution in [1.29, 1.82) is 0 Å². The number of nitrogens with zero attached hydrogens (tertiary/aromatic N) is 6. The molecule has 3 aromatic heterocycles. The molecule has 24 heavy (non-hydrogen) atoms. The number of rotatable bonds is 5. The number of aryl methyl sites for hydroxylation is 1. The molecule has 3 heterocycles. The lowest BCUT2D eigenvalue weighted by Crippen LogP contribution is -2.17. The van der Waals surface area contributed by atoms with E-state index in [1.807, 2.05) is 12.1 Å². The first-order valence-electron chi connectivity index (χ1n) is 7.07. The molecule has 0 aliphatic heterocycles. The number of imidazole rings is 1. The zero-order valence-corrected chi connectivity index (χ0v) is 14.9. The van der Waals surface area contributed by atoms with Crippen molar-refractivity contribution < 1.29 is 8.42 Å². The van der Waals surface area contributed by atoms with E-state index in [4.69, 9.17) is 0 Å². The second-order valence-electron chi connectivity index (χ2n) is 4.97. The van der Waals surface area contributed by atoms with Crippen LogP contribution >= 0.6 is 11.5 Å². The average molecular weight is 365 g/mol. The van der Waals surface area contributed by atoms with E-state index >= 15 is 0 Å². The number of anilines is 1. The molecule has 0 bridgehead atoms. The quantitative estimate of drug-likeness (QED) is 0.698. The van der Waals surface area contributed by atoms with E-state index in [1.165, 1.54) is 11.5 Å². The molecule has 0 unspecified atom stereocenters. The summed E-state index contributed by atoms with van der Waals surface area (Å²) in [7, 11) is -1.73. The van der Waals surface area contributed by atoms with Gasteiger partial charge < -0.3 is 0 Å². The molecule has 3 aromatic rings. The molecule has 0 aliphatic carbocycles. The predicted molar refractivity (Wildman–Crippen MR) is 92.6 cm³/mol. The van der Waals surface area contributed by atoms with Gasteiger partial charge in [-0.1, -0.05) is 0 Å². The van der Waals surface area contributed by atoms with E-state index in [0.29, 0.717) is 22.2 Å². The normalized spacial score (nSPS) is 12.3. The van der Waals surface area contributed by atoms with Crippen LogP contribution in [0.1, 0.15) is 12.6 Å². The first-order valence-corrected chi connectivity index (χ1v) is 9.50. The third-order valence-corrected chi connectivity index (χ3v) is 5.32. The van der Waals surface area contributed by atoms with E-state index in [1.54, 1.807) is 31.7 Å². The number of azo groups is 1. The molecule has 0 saturated heterocycles. The second kappa shape index (κ2) is 6.24. The molecule has 0 fully saturated rings. The lowest BCUT2D eigenvalue weighted by atomic mass is 10.3. The van der Waals surface area contributed by atoms with Gasteiger partial charge in [0.05, 0.1) is 16.8 Å². The van der Waals surface area contributed by atoms with Crippen molar-refractivity contribution in [2.24, 2.45) is 17.3 Å². The van der Waals surface area contributed by atoms with Crippen molar-refractivity contribution >= 4 is 49.4 Å². The van der Waals surface area contributed by atoms with Crippen LogP contribution in [-0.4, -0.2) is 33.1 Å². The Kier molecular flexibility index (Phi) is 4.28. The first kappa shape index (κ1) is 16.5. The van der Waals surface area contributed by atoms with Crippen LogP contribution in [0.3, 0.4) is 0 Å². The summed E-state index contributed by atoms with van der Waals surface area (Å²) in [5, 5.41) is 9.88. The molecular formula is C13H15N7O2S2. The number of sulfonamides is 1. The van der Waals surface area contributed by atoms with Gasteiger partial charge in [-0.2, -0.15) is 4.37 Å². The molecular weight excluding hydrogens is 350 g/mol. The fraction of sp³-hybridized carbons (Fsp3) is 0.308. The summed E-state index contributed by atoms with van der Waals surface area (Å²) in [5.74, 6) is 0.642. The molecule has 0 atom stereocenters. The summed E-state index contributed by atoms with van der Waals surface area (Å²) in [5.41, 5.74) is 1.19. The third kappa shape index (κ3) is 3.12. The maximum Gasteiger partial charge on any atom is 0.234 e. The maximum atomic E-state index is 11.7. The van der Waals surface area contributed by atoms with Crippen molar-refractivity contribution in [3.63, 3.8) is 0 Å². The van der Waals surface area contributed by atoms with Gasteiger partial charge in [-0.05, 0) is 37.5 Å². The Morgan fingerprint density at radius 2 is 2.17 bits per heavy atom. The van der Waals surface area contributed by atoms with Crippen LogP contribution in [-0.2, 0) is 17.1 Å². The van der Waals surface area contributed by atoms with Crippen LogP contribution in [0.5, 0.6) is 0 Å². The standard InChI is InChI=1S/C13H15N7O2S2/c1-4-24(21,22)19-13-15-8(2)11(20(13)3)16-17-12-9-6-5-7-14-10(9)18-23-12/h5-7H,4H2,1-3H3,(H,15,19)/b17-16+. The van der Waals surface area contributed by atoms with E-state index in [-0.39, 0.29) is 11.7 Å². The lowest BCUT2D eigenvalue weighted by Gasteiger charge is -2.05. The SMILES string of the molecule is CCS(=O)(=O)Nc1nc(C)c(/N=N/c2snc3ncccc23)n1C. The summed E-state index contributed by atoms with van der Waals surface area (Å²) in [6, 6.07) is 3.68. The molecule has 11 heteroatoms. The van der Waals surface area contributed by atoms with Crippen molar-refractivity contribution in [3.05, 3.63) is 24.0 Å². The van der Waals surface area contributed by atoms with Crippen LogP contribution in [0.2, 0.25) is 0 Å². The molecule has 0 aromatic carbocycles. The van der Waals surface area contributed by atoms with Crippen molar-refractivity contribution in [1.82, 2.24) is 18.9 Å². The topological polar surface area (TPSA) is 114 Å². The number of pyridine rings is 1. The Morgan fingerprint density at radius 3 is 2.92 bits per heavy atom. The summed E-state index contributed by atoms with van der Waals surface area (Å²) in [4.78, 5) is 8.35. The zero-order valence-electron chi connectivity index (χ0n) is 13.3. The Balaban J connectivity index is 1.94. The smallest absolute Gasteiger partial charge is 0.234 e. The highest BCUT2D eigenvalue weighted by Gasteiger charge is 2.16. The largest absolute Gasteiger partial charge is 0.296 e. The Morgan fingerprint density at radius 1 is 1.38 bits per heavy atom. The monoisotopic (exact) mass is 365 g/mol. The number of hydrogen-bond acceptors (Lipinski definition) is 8. The molecule has 0 spiro atoms. The number of aromatic nitrogens is 4.